The summed E-state index contributed by atoms with van der Waals surface area (Å²) in [5.41, 5.74) is -0.909. The summed E-state index contributed by atoms with van der Waals surface area (Å²) < 4.78 is 39.9. The Balaban J connectivity index is 2.53. The van der Waals surface area contributed by atoms with Crippen molar-refractivity contribution in [2.75, 3.05) is 0 Å². The molecule has 0 bridgehead atoms. The van der Waals surface area contributed by atoms with E-state index >= 15 is 0 Å². The van der Waals surface area contributed by atoms with E-state index in [-0.39, 0.29) is 5.69 Å². The predicted octanol–water partition coefficient (Wildman–Crippen LogP) is 3.38. The van der Waals surface area contributed by atoms with Crippen molar-refractivity contribution in [2.45, 2.75) is 26.4 Å². The molecule has 0 saturated carbocycles. The minimum Gasteiger partial charge on any atom is -0.310 e. The maximum atomic E-state index is 13.0. The normalized spacial score (nSPS) is 12.1. The second kappa shape index (κ2) is 5.19. The average Bonchev–Trinajstić information content (AvgIpc) is 2.68. The molecular weight excluding hydrogens is 269 g/mol. The molecular formula is C14H15F3N2O. The van der Waals surface area contributed by atoms with Crippen LogP contribution in [0.15, 0.2) is 35.3 Å². The number of imidazole rings is 1. The van der Waals surface area contributed by atoms with Crippen LogP contribution in [0.4, 0.5) is 13.2 Å². The van der Waals surface area contributed by atoms with Gasteiger partial charge >= 0.3 is 11.9 Å². The first-order valence-electron chi connectivity index (χ1n) is 6.26. The Hall–Kier alpha value is -1.98. The first-order chi connectivity index (χ1) is 9.29. The van der Waals surface area contributed by atoms with E-state index in [2.05, 4.69) is 4.98 Å². The SMILES string of the molecule is CC(C)Cc1cn(-c2ccccc2C(F)(F)F)c(=O)[nH]1. The Morgan fingerprint density at radius 1 is 1.25 bits per heavy atom. The maximum absolute atomic E-state index is 13.0. The van der Waals surface area contributed by atoms with Crippen molar-refractivity contribution < 1.29 is 13.2 Å². The Kier molecular flexibility index (Phi) is 3.74. The zero-order chi connectivity index (χ0) is 14.9. The van der Waals surface area contributed by atoms with Crippen molar-refractivity contribution >= 4 is 0 Å². The standard InChI is InChI=1S/C14H15F3N2O/c1-9(2)7-10-8-19(13(20)18-10)12-6-4-3-5-11(12)14(15,16)17/h3-6,8-9H,7H2,1-2H3,(H,18,20). The molecule has 0 saturated heterocycles. The van der Waals surface area contributed by atoms with Gasteiger partial charge in [-0.25, -0.2) is 4.79 Å². The number of halogens is 3. The molecule has 3 nitrogen and oxygen atoms in total. The van der Waals surface area contributed by atoms with Crippen LogP contribution in [0.3, 0.4) is 0 Å². The Morgan fingerprint density at radius 3 is 2.50 bits per heavy atom. The van der Waals surface area contributed by atoms with E-state index < -0.39 is 17.4 Å². The number of aromatic amines is 1. The van der Waals surface area contributed by atoms with Crippen LogP contribution < -0.4 is 5.69 Å². The van der Waals surface area contributed by atoms with Gasteiger partial charge in [0.25, 0.3) is 0 Å². The second-order valence-corrected chi connectivity index (χ2v) is 5.07. The summed E-state index contributed by atoms with van der Waals surface area (Å²) in [5.74, 6) is 0.305. The second-order valence-electron chi connectivity index (χ2n) is 5.07. The molecule has 0 aliphatic heterocycles. The molecule has 0 amide bonds. The monoisotopic (exact) mass is 284 g/mol. The van der Waals surface area contributed by atoms with E-state index in [4.69, 9.17) is 0 Å². The summed E-state index contributed by atoms with van der Waals surface area (Å²) in [7, 11) is 0. The zero-order valence-corrected chi connectivity index (χ0v) is 11.2. The zero-order valence-electron chi connectivity index (χ0n) is 11.2. The van der Waals surface area contributed by atoms with Gasteiger partial charge in [0.1, 0.15) is 0 Å². The highest BCUT2D eigenvalue weighted by molar-refractivity contribution is 5.43. The molecule has 2 rings (SSSR count). The van der Waals surface area contributed by atoms with Gasteiger partial charge in [0.2, 0.25) is 0 Å². The summed E-state index contributed by atoms with van der Waals surface area (Å²) in [5, 5.41) is 0. The number of alkyl halides is 3. The minimum absolute atomic E-state index is 0.156. The largest absolute Gasteiger partial charge is 0.418 e. The van der Waals surface area contributed by atoms with Crippen LogP contribution in [-0.2, 0) is 12.6 Å². The maximum Gasteiger partial charge on any atom is 0.418 e. The van der Waals surface area contributed by atoms with Gasteiger partial charge in [0, 0.05) is 11.9 Å². The first kappa shape index (κ1) is 14.4. The van der Waals surface area contributed by atoms with Crippen molar-refractivity contribution in [1.82, 2.24) is 9.55 Å². The van der Waals surface area contributed by atoms with Crippen molar-refractivity contribution in [2.24, 2.45) is 5.92 Å². The van der Waals surface area contributed by atoms with E-state index in [1.165, 1.54) is 24.4 Å². The molecule has 1 aromatic carbocycles. The lowest BCUT2D eigenvalue weighted by molar-refractivity contribution is -0.137. The van der Waals surface area contributed by atoms with Gasteiger partial charge in [0.15, 0.2) is 0 Å². The Labute approximate surface area is 114 Å². The van der Waals surface area contributed by atoms with Gasteiger partial charge in [0.05, 0.1) is 11.3 Å². The number of rotatable bonds is 3. The van der Waals surface area contributed by atoms with E-state index in [9.17, 15) is 18.0 Å². The van der Waals surface area contributed by atoms with E-state index in [1.807, 2.05) is 13.8 Å². The molecule has 0 unspecified atom stereocenters. The number of H-pyrrole nitrogens is 1. The number of benzene rings is 1. The number of hydrogen-bond donors (Lipinski definition) is 1. The molecule has 1 N–H and O–H groups in total. The molecule has 0 radical (unpaired) electrons. The van der Waals surface area contributed by atoms with Crippen molar-refractivity contribution in [1.29, 1.82) is 0 Å². The van der Waals surface area contributed by atoms with Crippen molar-refractivity contribution in [3.63, 3.8) is 0 Å². The fraction of sp³-hybridized carbons (Fsp3) is 0.357. The van der Waals surface area contributed by atoms with Crippen molar-refractivity contribution in [3.8, 4) is 5.69 Å². The third-order valence-electron chi connectivity index (χ3n) is 2.87. The van der Waals surface area contributed by atoms with Crippen LogP contribution in [0.2, 0.25) is 0 Å². The van der Waals surface area contributed by atoms with E-state index in [1.54, 1.807) is 0 Å². The number of nitrogens with zero attached hydrogens (tertiary/aromatic N) is 1. The third kappa shape index (κ3) is 2.95. The van der Waals surface area contributed by atoms with Gasteiger partial charge < -0.3 is 4.98 Å². The summed E-state index contributed by atoms with van der Waals surface area (Å²) in [6, 6.07) is 5.04. The van der Waals surface area contributed by atoms with Gasteiger partial charge in [-0.3, -0.25) is 4.57 Å². The predicted molar refractivity (Wildman–Crippen MR) is 69.9 cm³/mol. The molecule has 0 fully saturated rings. The van der Waals surface area contributed by atoms with E-state index in [0.717, 1.165) is 10.6 Å². The fourth-order valence-corrected chi connectivity index (χ4v) is 2.09. The van der Waals surface area contributed by atoms with Crippen LogP contribution in [0.25, 0.3) is 5.69 Å². The van der Waals surface area contributed by atoms with Crippen LogP contribution in [0, 0.1) is 5.92 Å². The average molecular weight is 284 g/mol. The number of para-hydroxylation sites is 1. The highest BCUT2D eigenvalue weighted by Crippen LogP contribution is 2.33. The van der Waals surface area contributed by atoms with Gasteiger partial charge in [-0.05, 0) is 24.5 Å². The topological polar surface area (TPSA) is 37.8 Å². The molecule has 0 aliphatic rings. The van der Waals surface area contributed by atoms with Gasteiger partial charge in [-0.1, -0.05) is 26.0 Å². The lowest BCUT2D eigenvalue weighted by Crippen LogP contribution is -2.18. The molecule has 6 heteroatoms. The quantitative estimate of drug-likeness (QED) is 0.921. The molecule has 0 aliphatic carbocycles. The van der Waals surface area contributed by atoms with Crippen LogP contribution in [-0.4, -0.2) is 9.55 Å². The van der Waals surface area contributed by atoms with Gasteiger partial charge in [-0.15, -0.1) is 0 Å². The first-order valence-corrected chi connectivity index (χ1v) is 6.26. The summed E-state index contributed by atoms with van der Waals surface area (Å²) in [6.45, 7) is 3.94. The molecule has 1 heterocycles. The number of nitrogens with one attached hydrogen (secondary N) is 1. The minimum atomic E-state index is -4.49. The summed E-state index contributed by atoms with van der Waals surface area (Å²) >= 11 is 0. The number of aromatic nitrogens is 2. The highest BCUT2D eigenvalue weighted by Gasteiger charge is 2.34. The van der Waals surface area contributed by atoms with Gasteiger partial charge in [-0.2, -0.15) is 13.2 Å². The molecule has 108 valence electrons. The lowest BCUT2D eigenvalue weighted by Gasteiger charge is -2.12. The van der Waals surface area contributed by atoms with E-state index in [0.29, 0.717) is 18.0 Å². The third-order valence-corrected chi connectivity index (χ3v) is 2.87. The van der Waals surface area contributed by atoms with Crippen LogP contribution >= 0.6 is 0 Å². The highest BCUT2D eigenvalue weighted by atomic mass is 19.4. The molecule has 1 aromatic heterocycles. The smallest absolute Gasteiger partial charge is 0.310 e. The molecule has 0 spiro atoms. The molecule has 2 aromatic rings. The fourth-order valence-electron chi connectivity index (χ4n) is 2.09. The van der Waals surface area contributed by atoms with Crippen LogP contribution in [0.1, 0.15) is 25.1 Å². The lowest BCUT2D eigenvalue weighted by atomic mass is 10.1. The molecule has 20 heavy (non-hydrogen) atoms. The summed E-state index contributed by atoms with van der Waals surface area (Å²) in [6.07, 6.45) is -2.45. The van der Waals surface area contributed by atoms with Crippen molar-refractivity contribution in [3.05, 3.63) is 52.2 Å². The number of hydrogen-bond acceptors (Lipinski definition) is 1. The van der Waals surface area contributed by atoms with Crippen LogP contribution in [0.5, 0.6) is 0 Å². The Morgan fingerprint density at radius 2 is 1.90 bits per heavy atom. The Bertz CT molecular complexity index is 653. The summed E-state index contributed by atoms with van der Waals surface area (Å²) in [4.78, 5) is 14.4. The molecule has 0 atom stereocenters.